The van der Waals surface area contributed by atoms with Crippen LogP contribution in [0.5, 0.6) is 0 Å². The maximum absolute atomic E-state index is 12.8. The molecule has 0 spiro atoms. The van der Waals surface area contributed by atoms with Gasteiger partial charge in [0.05, 0.1) is 16.4 Å². The van der Waals surface area contributed by atoms with Crippen molar-refractivity contribution < 1.29 is 18.9 Å². The number of furan rings is 1. The lowest BCUT2D eigenvalue weighted by molar-refractivity contribution is -0.385. The molecule has 0 bridgehead atoms. The van der Waals surface area contributed by atoms with Crippen molar-refractivity contribution >= 4 is 34.7 Å². The largest absolute Gasteiger partial charge is 0.457 e. The number of carbonyl (C=O) groups is 2. The summed E-state index contributed by atoms with van der Waals surface area (Å²) >= 11 is 0.865. The number of nitro groups is 1. The van der Waals surface area contributed by atoms with Crippen molar-refractivity contribution in [2.24, 2.45) is 0 Å². The highest BCUT2D eigenvalue weighted by Crippen LogP contribution is 2.35. The molecule has 0 atom stereocenters. The maximum Gasteiger partial charge on any atom is 0.293 e. The van der Waals surface area contributed by atoms with Crippen LogP contribution in [0.15, 0.2) is 57.9 Å². The van der Waals surface area contributed by atoms with Crippen LogP contribution < -0.4 is 0 Å². The standard InChI is InChI=1S/C24H20N2O5S/c1-14-5-4-6-17(9-14)13-25-23(27)22(32-24(25)28)12-19-7-8-21(31-19)18-10-15(2)16(3)20(11-18)26(29)30/h4-12H,13H2,1-3H3/b22-12+. The summed E-state index contributed by atoms with van der Waals surface area (Å²) in [6.45, 7) is 5.67. The highest BCUT2D eigenvalue weighted by molar-refractivity contribution is 8.18. The molecule has 7 nitrogen and oxygen atoms in total. The average molecular weight is 449 g/mol. The van der Waals surface area contributed by atoms with Crippen LogP contribution >= 0.6 is 11.8 Å². The van der Waals surface area contributed by atoms with E-state index >= 15 is 0 Å². The zero-order valence-electron chi connectivity index (χ0n) is 17.7. The number of thioether (sulfide) groups is 1. The minimum Gasteiger partial charge on any atom is -0.457 e. The zero-order chi connectivity index (χ0) is 23.0. The first-order chi connectivity index (χ1) is 15.2. The Balaban J connectivity index is 1.58. The second-order valence-electron chi connectivity index (χ2n) is 7.65. The number of nitrogens with zero attached hydrogens (tertiary/aromatic N) is 2. The van der Waals surface area contributed by atoms with E-state index in [0.29, 0.717) is 22.6 Å². The van der Waals surface area contributed by atoms with Gasteiger partial charge in [0.2, 0.25) is 0 Å². The molecule has 4 rings (SSSR count). The second kappa shape index (κ2) is 8.47. The molecule has 0 saturated carbocycles. The van der Waals surface area contributed by atoms with Gasteiger partial charge in [0, 0.05) is 23.3 Å². The summed E-state index contributed by atoms with van der Waals surface area (Å²) in [6.07, 6.45) is 1.53. The van der Waals surface area contributed by atoms with Crippen molar-refractivity contribution in [2.75, 3.05) is 0 Å². The van der Waals surface area contributed by atoms with Gasteiger partial charge in [-0.15, -0.1) is 0 Å². The lowest BCUT2D eigenvalue weighted by atomic mass is 10.0. The van der Waals surface area contributed by atoms with E-state index in [4.69, 9.17) is 4.42 Å². The van der Waals surface area contributed by atoms with Crippen LogP contribution in [0.2, 0.25) is 0 Å². The van der Waals surface area contributed by atoms with Gasteiger partial charge in [0.1, 0.15) is 11.5 Å². The van der Waals surface area contributed by atoms with E-state index in [9.17, 15) is 19.7 Å². The molecule has 1 saturated heterocycles. The number of benzene rings is 2. The molecular weight excluding hydrogens is 428 g/mol. The predicted molar refractivity (Wildman–Crippen MR) is 123 cm³/mol. The number of rotatable bonds is 5. The van der Waals surface area contributed by atoms with Crippen LogP contribution in [0.1, 0.15) is 28.0 Å². The molecule has 2 aromatic carbocycles. The Morgan fingerprint density at radius 1 is 1.09 bits per heavy atom. The van der Waals surface area contributed by atoms with Crippen LogP contribution in [0.3, 0.4) is 0 Å². The number of nitro benzene ring substituents is 1. The first kappa shape index (κ1) is 21.6. The maximum atomic E-state index is 12.8. The number of carbonyl (C=O) groups excluding carboxylic acids is 2. The molecule has 8 heteroatoms. The summed E-state index contributed by atoms with van der Waals surface area (Å²) < 4.78 is 5.82. The van der Waals surface area contributed by atoms with Gasteiger partial charge in [-0.1, -0.05) is 29.8 Å². The van der Waals surface area contributed by atoms with E-state index in [0.717, 1.165) is 28.5 Å². The van der Waals surface area contributed by atoms with Gasteiger partial charge in [-0.05, 0) is 61.9 Å². The van der Waals surface area contributed by atoms with E-state index < -0.39 is 4.92 Å². The highest BCUT2D eigenvalue weighted by atomic mass is 32.2. The molecule has 162 valence electrons. The Kier molecular flexibility index (Phi) is 5.71. The summed E-state index contributed by atoms with van der Waals surface area (Å²) in [6, 6.07) is 14.3. The molecule has 2 amide bonds. The Bertz CT molecular complexity index is 1290. The summed E-state index contributed by atoms with van der Waals surface area (Å²) in [5.74, 6) is 0.463. The fourth-order valence-corrected chi connectivity index (χ4v) is 4.34. The van der Waals surface area contributed by atoms with E-state index in [1.165, 1.54) is 17.0 Å². The van der Waals surface area contributed by atoms with Gasteiger partial charge < -0.3 is 4.42 Å². The molecule has 32 heavy (non-hydrogen) atoms. The number of aryl methyl sites for hydroxylation is 2. The van der Waals surface area contributed by atoms with Crippen molar-refractivity contribution in [3.8, 4) is 11.3 Å². The Labute approximate surface area is 188 Å². The van der Waals surface area contributed by atoms with E-state index in [2.05, 4.69) is 0 Å². The van der Waals surface area contributed by atoms with Crippen molar-refractivity contribution in [1.29, 1.82) is 0 Å². The number of hydrogen-bond acceptors (Lipinski definition) is 6. The van der Waals surface area contributed by atoms with Gasteiger partial charge in [-0.2, -0.15) is 0 Å². The molecular formula is C24H20N2O5S. The third-order valence-electron chi connectivity index (χ3n) is 5.32. The summed E-state index contributed by atoms with van der Waals surface area (Å²) in [5.41, 5.74) is 3.92. The molecule has 3 aromatic rings. The summed E-state index contributed by atoms with van der Waals surface area (Å²) in [5, 5.41) is 11.0. The van der Waals surface area contributed by atoms with Crippen molar-refractivity contribution in [2.45, 2.75) is 27.3 Å². The van der Waals surface area contributed by atoms with Crippen LogP contribution in [0, 0.1) is 30.9 Å². The SMILES string of the molecule is Cc1cccc(CN2C(=O)S/C(=C/c3ccc(-c4cc(C)c(C)c([N+](=O)[O-])c4)o3)C2=O)c1. The van der Waals surface area contributed by atoms with E-state index in [1.54, 1.807) is 26.0 Å². The first-order valence-electron chi connectivity index (χ1n) is 9.89. The molecule has 0 N–H and O–H groups in total. The summed E-state index contributed by atoms with van der Waals surface area (Å²) in [7, 11) is 0. The van der Waals surface area contributed by atoms with Gasteiger partial charge in [0.15, 0.2) is 0 Å². The first-order valence-corrected chi connectivity index (χ1v) is 10.7. The summed E-state index contributed by atoms with van der Waals surface area (Å²) in [4.78, 5) is 37.6. The second-order valence-corrected chi connectivity index (χ2v) is 8.65. The monoisotopic (exact) mass is 448 g/mol. The highest BCUT2D eigenvalue weighted by Gasteiger charge is 2.35. The minimum absolute atomic E-state index is 0.0234. The lowest BCUT2D eigenvalue weighted by Gasteiger charge is -2.12. The zero-order valence-corrected chi connectivity index (χ0v) is 18.6. The number of hydrogen-bond donors (Lipinski definition) is 0. The fourth-order valence-electron chi connectivity index (χ4n) is 3.52. The van der Waals surface area contributed by atoms with Crippen molar-refractivity contribution in [3.63, 3.8) is 0 Å². The quantitative estimate of drug-likeness (QED) is 0.269. The van der Waals surface area contributed by atoms with Crippen LogP contribution in [-0.2, 0) is 11.3 Å². The van der Waals surface area contributed by atoms with Gasteiger partial charge in [-0.3, -0.25) is 24.6 Å². The van der Waals surface area contributed by atoms with Crippen molar-refractivity contribution in [3.05, 3.63) is 91.6 Å². The third-order valence-corrected chi connectivity index (χ3v) is 6.23. The van der Waals surface area contributed by atoms with Crippen LogP contribution in [0.25, 0.3) is 17.4 Å². The number of amides is 2. The minimum atomic E-state index is -0.417. The fraction of sp³-hybridized carbons (Fsp3) is 0.167. The number of imide groups is 1. The molecule has 0 aliphatic carbocycles. The molecule has 1 aliphatic rings. The van der Waals surface area contributed by atoms with Gasteiger partial charge in [0.25, 0.3) is 16.8 Å². The predicted octanol–water partition coefficient (Wildman–Crippen LogP) is 6.02. The Morgan fingerprint density at radius 2 is 1.88 bits per heavy atom. The normalized spacial score (nSPS) is 15.1. The molecule has 2 heterocycles. The lowest BCUT2D eigenvalue weighted by Crippen LogP contribution is -2.27. The third kappa shape index (κ3) is 4.22. The molecule has 1 aliphatic heterocycles. The molecule has 1 aromatic heterocycles. The van der Waals surface area contributed by atoms with Crippen LogP contribution in [0.4, 0.5) is 10.5 Å². The molecule has 0 radical (unpaired) electrons. The van der Waals surface area contributed by atoms with Crippen LogP contribution in [-0.4, -0.2) is 21.0 Å². The Hall–Kier alpha value is -3.65. The Morgan fingerprint density at radius 3 is 2.59 bits per heavy atom. The van der Waals surface area contributed by atoms with Gasteiger partial charge in [-0.25, -0.2) is 0 Å². The van der Waals surface area contributed by atoms with Crippen molar-refractivity contribution in [1.82, 2.24) is 4.90 Å². The van der Waals surface area contributed by atoms with Gasteiger partial charge >= 0.3 is 0 Å². The average Bonchev–Trinajstić information content (AvgIpc) is 3.30. The van der Waals surface area contributed by atoms with E-state index in [1.807, 2.05) is 37.3 Å². The smallest absolute Gasteiger partial charge is 0.293 e. The molecule has 1 fully saturated rings. The molecule has 0 unspecified atom stereocenters. The topological polar surface area (TPSA) is 93.7 Å². The van der Waals surface area contributed by atoms with E-state index in [-0.39, 0.29) is 28.3 Å².